The number of sulfonamides is 2. The average molecular weight is 401 g/mol. The fourth-order valence-corrected chi connectivity index (χ4v) is 4.75. The van der Waals surface area contributed by atoms with Crippen LogP contribution < -0.4 is 15.2 Å². The quantitative estimate of drug-likeness (QED) is 0.652. The maximum atomic E-state index is 13.2. The van der Waals surface area contributed by atoms with E-state index >= 15 is 0 Å². The highest BCUT2D eigenvalue weighted by Crippen LogP contribution is 2.39. The Morgan fingerprint density at radius 3 is 2.40 bits per heavy atom. The molecule has 1 heterocycles. The number of unbranched alkanes of at least 4 members (excludes halogenated alkanes) is 2. The van der Waals surface area contributed by atoms with Crippen LogP contribution in [0.2, 0.25) is 0 Å². The standard InChI is InChI=1S/C13H18F3N3O4S2/c1-2-3-4-5-12-18-9-6-8(13(14,15)16)10(24(17,20)21)7-11(9)25(22,23)19-12/h6-7,12,18-19H,2-5H2,1H3,(H2,17,20,21)/t12-/m0/s1. The minimum absolute atomic E-state index is 0.306. The van der Waals surface area contributed by atoms with Gasteiger partial charge in [-0.15, -0.1) is 0 Å². The zero-order valence-corrected chi connectivity index (χ0v) is 14.9. The maximum Gasteiger partial charge on any atom is 0.417 e. The van der Waals surface area contributed by atoms with Gasteiger partial charge in [-0.05, 0) is 18.6 Å². The van der Waals surface area contributed by atoms with E-state index in [4.69, 9.17) is 5.14 Å². The Morgan fingerprint density at radius 1 is 1.24 bits per heavy atom. The van der Waals surface area contributed by atoms with Crippen molar-refractivity contribution in [1.82, 2.24) is 4.72 Å². The third kappa shape index (κ3) is 4.43. The Labute approximate surface area is 143 Å². The third-order valence-corrected chi connectivity index (χ3v) is 6.17. The molecule has 1 aliphatic heterocycles. The summed E-state index contributed by atoms with van der Waals surface area (Å²) in [5.74, 6) is 0. The summed E-state index contributed by atoms with van der Waals surface area (Å²) in [6.45, 7) is 1.96. The van der Waals surface area contributed by atoms with Crippen molar-refractivity contribution in [3.05, 3.63) is 17.7 Å². The molecule has 7 nitrogen and oxygen atoms in total. The van der Waals surface area contributed by atoms with Crippen LogP contribution in [0.4, 0.5) is 18.9 Å². The second kappa shape index (κ2) is 6.74. The fraction of sp³-hybridized carbons (Fsp3) is 0.538. The molecule has 0 amide bonds. The first-order chi connectivity index (χ1) is 11.4. The number of benzene rings is 1. The summed E-state index contributed by atoms with van der Waals surface area (Å²) in [4.78, 5) is -1.87. The van der Waals surface area contributed by atoms with Crippen LogP contribution in [0.15, 0.2) is 21.9 Å². The molecule has 0 saturated carbocycles. The summed E-state index contributed by atoms with van der Waals surface area (Å²) in [6, 6.07) is 0.908. The number of primary sulfonamides is 1. The van der Waals surface area contributed by atoms with Crippen molar-refractivity contribution in [1.29, 1.82) is 0 Å². The molecule has 0 bridgehead atoms. The van der Waals surface area contributed by atoms with Gasteiger partial charge < -0.3 is 5.32 Å². The van der Waals surface area contributed by atoms with Crippen LogP contribution in [0.1, 0.15) is 38.2 Å². The van der Waals surface area contributed by atoms with E-state index in [9.17, 15) is 30.0 Å². The SMILES string of the molecule is CCCCC[C@H]1Nc2cc(C(F)(F)F)c(S(N)(=O)=O)cc2S(=O)(=O)N1. The summed E-state index contributed by atoms with van der Waals surface area (Å²) in [7, 11) is -8.94. The number of fused-ring (bicyclic) bond motifs is 1. The van der Waals surface area contributed by atoms with Gasteiger partial charge in [-0.1, -0.05) is 26.2 Å². The van der Waals surface area contributed by atoms with Gasteiger partial charge in [-0.25, -0.2) is 22.0 Å². The minimum Gasteiger partial charge on any atom is -0.368 e. The Bertz CT molecular complexity index is 867. The normalized spacial score (nSPS) is 20.0. The van der Waals surface area contributed by atoms with Crippen LogP contribution in [0.3, 0.4) is 0 Å². The first-order valence-corrected chi connectivity index (χ1v) is 10.5. The predicted octanol–water partition coefficient (Wildman–Crippen LogP) is 1.96. The molecule has 0 fully saturated rings. The van der Waals surface area contributed by atoms with Gasteiger partial charge in [0, 0.05) is 0 Å². The van der Waals surface area contributed by atoms with Crippen LogP contribution >= 0.6 is 0 Å². The van der Waals surface area contributed by atoms with Gasteiger partial charge in [0.25, 0.3) is 0 Å². The number of hydrogen-bond donors (Lipinski definition) is 3. The van der Waals surface area contributed by atoms with Crippen LogP contribution in [-0.4, -0.2) is 23.0 Å². The fourth-order valence-electron chi connectivity index (χ4n) is 2.55. The number of halogens is 3. The number of anilines is 1. The van der Waals surface area contributed by atoms with Crippen LogP contribution in [0.25, 0.3) is 0 Å². The molecular formula is C13H18F3N3O4S2. The number of nitrogens with one attached hydrogen (secondary N) is 2. The van der Waals surface area contributed by atoms with Crippen molar-refractivity contribution >= 4 is 25.7 Å². The molecule has 0 unspecified atom stereocenters. The highest BCUT2D eigenvalue weighted by molar-refractivity contribution is 7.90. The lowest BCUT2D eigenvalue weighted by molar-refractivity contribution is -0.139. The van der Waals surface area contributed by atoms with Gasteiger partial charge in [0.15, 0.2) is 0 Å². The summed E-state index contributed by atoms with van der Waals surface area (Å²) in [6.07, 6.45) is -2.99. The van der Waals surface area contributed by atoms with Gasteiger partial charge in [-0.3, -0.25) is 0 Å². The number of hydrogen-bond acceptors (Lipinski definition) is 5. The molecule has 0 saturated heterocycles. The lowest BCUT2D eigenvalue weighted by Gasteiger charge is -2.29. The van der Waals surface area contributed by atoms with Gasteiger partial charge >= 0.3 is 6.18 Å². The molecule has 0 radical (unpaired) electrons. The molecule has 142 valence electrons. The van der Waals surface area contributed by atoms with Crippen LogP contribution in [0, 0.1) is 0 Å². The first-order valence-electron chi connectivity index (χ1n) is 7.43. The zero-order valence-electron chi connectivity index (χ0n) is 13.2. The predicted molar refractivity (Wildman–Crippen MR) is 84.7 cm³/mol. The van der Waals surface area contributed by atoms with E-state index in [-0.39, 0.29) is 5.69 Å². The van der Waals surface area contributed by atoms with Crippen LogP contribution in [-0.2, 0) is 26.2 Å². The second-order valence-electron chi connectivity index (χ2n) is 5.70. The molecule has 1 atom stereocenters. The van der Waals surface area contributed by atoms with Crippen molar-refractivity contribution in [2.45, 2.75) is 54.7 Å². The van der Waals surface area contributed by atoms with Gasteiger partial charge in [0.1, 0.15) is 4.90 Å². The molecule has 0 spiro atoms. The lowest BCUT2D eigenvalue weighted by Crippen LogP contribution is -2.45. The van der Waals surface area contributed by atoms with Gasteiger partial charge in [-0.2, -0.15) is 17.9 Å². The van der Waals surface area contributed by atoms with Crippen molar-refractivity contribution in [2.75, 3.05) is 5.32 Å². The molecule has 4 N–H and O–H groups in total. The van der Waals surface area contributed by atoms with E-state index in [1.807, 2.05) is 6.92 Å². The highest BCUT2D eigenvalue weighted by Gasteiger charge is 2.40. The topological polar surface area (TPSA) is 118 Å². The first kappa shape index (κ1) is 19.9. The number of rotatable bonds is 5. The summed E-state index contributed by atoms with van der Waals surface area (Å²) >= 11 is 0. The Kier molecular flexibility index (Phi) is 5.38. The summed E-state index contributed by atoms with van der Waals surface area (Å²) in [5, 5.41) is 7.50. The molecule has 25 heavy (non-hydrogen) atoms. The maximum absolute atomic E-state index is 13.2. The lowest BCUT2D eigenvalue weighted by atomic mass is 10.1. The summed E-state index contributed by atoms with van der Waals surface area (Å²) < 4.78 is 89.3. The Hall–Kier alpha value is -1.37. The Morgan fingerprint density at radius 2 is 1.88 bits per heavy atom. The number of alkyl halides is 3. The molecule has 1 aromatic rings. The van der Waals surface area contributed by atoms with Crippen molar-refractivity contribution in [2.24, 2.45) is 5.14 Å². The highest BCUT2D eigenvalue weighted by atomic mass is 32.2. The monoisotopic (exact) mass is 401 g/mol. The van der Waals surface area contributed by atoms with Crippen LogP contribution in [0.5, 0.6) is 0 Å². The molecule has 1 aliphatic rings. The summed E-state index contributed by atoms with van der Waals surface area (Å²) in [5.41, 5.74) is -1.81. The Balaban J connectivity index is 2.56. The number of nitrogens with two attached hydrogens (primary N) is 1. The van der Waals surface area contributed by atoms with E-state index in [1.165, 1.54) is 0 Å². The second-order valence-corrected chi connectivity index (χ2v) is 8.91. The minimum atomic E-state index is -5.01. The van der Waals surface area contributed by atoms with E-state index in [1.54, 1.807) is 0 Å². The van der Waals surface area contributed by atoms with Gasteiger partial charge in [0.2, 0.25) is 20.0 Å². The van der Waals surface area contributed by atoms with E-state index in [0.29, 0.717) is 25.0 Å². The average Bonchev–Trinajstić information content (AvgIpc) is 2.43. The molecular weight excluding hydrogens is 383 g/mol. The van der Waals surface area contributed by atoms with Gasteiger partial charge in [0.05, 0.1) is 22.3 Å². The van der Waals surface area contributed by atoms with E-state index in [0.717, 1.165) is 12.8 Å². The van der Waals surface area contributed by atoms with Crippen molar-refractivity contribution in [3.63, 3.8) is 0 Å². The molecule has 0 aliphatic carbocycles. The molecule has 12 heteroatoms. The third-order valence-electron chi connectivity index (χ3n) is 3.71. The van der Waals surface area contributed by atoms with E-state index < -0.39 is 47.7 Å². The molecule has 1 aromatic carbocycles. The molecule has 2 rings (SSSR count). The largest absolute Gasteiger partial charge is 0.417 e. The molecule has 0 aromatic heterocycles. The van der Waals surface area contributed by atoms with Crippen molar-refractivity contribution < 1.29 is 30.0 Å². The zero-order chi connectivity index (χ0) is 19.0. The van der Waals surface area contributed by atoms with Crippen molar-refractivity contribution in [3.8, 4) is 0 Å². The van der Waals surface area contributed by atoms with E-state index in [2.05, 4.69) is 10.0 Å². The smallest absolute Gasteiger partial charge is 0.368 e.